The molecule has 0 aliphatic heterocycles. The highest BCUT2D eigenvalue weighted by molar-refractivity contribution is 7.13. The lowest BCUT2D eigenvalue weighted by Gasteiger charge is -2.02. The van der Waals surface area contributed by atoms with Gasteiger partial charge in [-0.05, 0) is 62.4 Å². The lowest BCUT2D eigenvalue weighted by Crippen LogP contribution is -2.19. The molecule has 3 aromatic rings. The fourth-order valence-electron chi connectivity index (χ4n) is 2.26. The first-order valence-corrected chi connectivity index (χ1v) is 10.0. The third kappa shape index (κ3) is 5.45. The summed E-state index contributed by atoms with van der Waals surface area (Å²) in [6.07, 6.45) is 3.20. The van der Waals surface area contributed by atoms with Crippen molar-refractivity contribution in [2.45, 2.75) is 13.8 Å². The van der Waals surface area contributed by atoms with Gasteiger partial charge in [-0.3, -0.25) is 9.59 Å². The van der Waals surface area contributed by atoms with Crippen LogP contribution in [0.5, 0.6) is 0 Å². The van der Waals surface area contributed by atoms with Crippen LogP contribution in [0.3, 0.4) is 0 Å². The van der Waals surface area contributed by atoms with Crippen molar-refractivity contribution in [2.24, 2.45) is 10.2 Å². The zero-order valence-corrected chi connectivity index (χ0v) is 16.9. The monoisotopic (exact) mass is 410 g/mol. The van der Waals surface area contributed by atoms with Crippen molar-refractivity contribution in [3.05, 3.63) is 79.2 Å². The Labute approximate surface area is 170 Å². The van der Waals surface area contributed by atoms with Crippen LogP contribution < -0.4 is 10.9 Å². The van der Waals surface area contributed by atoms with E-state index in [0.29, 0.717) is 11.1 Å². The molecule has 2 amide bonds. The molecule has 6 nitrogen and oxygen atoms in total. The second-order valence-corrected chi connectivity index (χ2v) is 8.51. The molecule has 0 spiro atoms. The Bertz CT molecular complexity index is 949. The third-order valence-electron chi connectivity index (χ3n) is 3.65. The van der Waals surface area contributed by atoms with Crippen molar-refractivity contribution in [2.75, 3.05) is 0 Å². The van der Waals surface area contributed by atoms with Crippen LogP contribution in [0.4, 0.5) is 0 Å². The Balaban J connectivity index is 1.53. The number of nitrogens with zero attached hydrogens (tertiary/aromatic N) is 2. The number of carbonyl (C=O) groups excluding carboxylic acids is 2. The Morgan fingerprint density at radius 2 is 1.11 bits per heavy atom. The third-order valence-corrected chi connectivity index (χ3v) is 5.52. The molecule has 0 fully saturated rings. The van der Waals surface area contributed by atoms with Crippen molar-refractivity contribution in [1.82, 2.24) is 10.9 Å². The summed E-state index contributed by atoms with van der Waals surface area (Å²) >= 11 is 3.18. The van der Waals surface area contributed by atoms with Crippen LogP contribution in [-0.4, -0.2) is 24.2 Å². The summed E-state index contributed by atoms with van der Waals surface area (Å²) in [7, 11) is 0. The quantitative estimate of drug-likeness (QED) is 0.476. The van der Waals surface area contributed by atoms with Crippen LogP contribution in [0.15, 0.2) is 58.7 Å². The van der Waals surface area contributed by atoms with Gasteiger partial charge in [0.25, 0.3) is 11.8 Å². The maximum Gasteiger partial charge on any atom is 0.271 e. The first kappa shape index (κ1) is 19.7. The van der Waals surface area contributed by atoms with E-state index >= 15 is 0 Å². The molecule has 0 saturated carbocycles. The van der Waals surface area contributed by atoms with Crippen LogP contribution in [0.25, 0.3) is 0 Å². The number of hydrazone groups is 2. The van der Waals surface area contributed by atoms with Crippen LogP contribution in [0, 0.1) is 13.8 Å². The lowest BCUT2D eigenvalue weighted by atomic mass is 10.1. The van der Waals surface area contributed by atoms with Gasteiger partial charge in [0.2, 0.25) is 0 Å². The molecule has 0 aliphatic rings. The van der Waals surface area contributed by atoms with Crippen molar-refractivity contribution in [3.63, 3.8) is 0 Å². The Kier molecular flexibility index (Phi) is 6.46. The minimum absolute atomic E-state index is 0.345. The highest BCUT2D eigenvalue weighted by Gasteiger charge is 2.08. The van der Waals surface area contributed by atoms with E-state index in [1.807, 2.05) is 38.1 Å². The maximum atomic E-state index is 12.1. The summed E-state index contributed by atoms with van der Waals surface area (Å²) in [6, 6.07) is 14.1. The van der Waals surface area contributed by atoms with Gasteiger partial charge in [-0.15, -0.1) is 22.7 Å². The van der Waals surface area contributed by atoms with Gasteiger partial charge >= 0.3 is 0 Å². The van der Waals surface area contributed by atoms with Crippen molar-refractivity contribution in [3.8, 4) is 0 Å². The number of hydrogen-bond acceptors (Lipinski definition) is 6. The van der Waals surface area contributed by atoms with Crippen LogP contribution in [0.1, 0.15) is 40.2 Å². The molecule has 0 radical (unpaired) electrons. The molecule has 142 valence electrons. The minimum atomic E-state index is -0.345. The summed E-state index contributed by atoms with van der Waals surface area (Å²) < 4.78 is 0. The van der Waals surface area contributed by atoms with Crippen molar-refractivity contribution in [1.29, 1.82) is 0 Å². The van der Waals surface area contributed by atoms with E-state index < -0.39 is 0 Å². The molecule has 0 saturated heterocycles. The molecular weight excluding hydrogens is 392 g/mol. The molecule has 2 N–H and O–H groups in total. The Morgan fingerprint density at radius 1 is 0.714 bits per heavy atom. The second-order valence-electron chi connectivity index (χ2n) is 5.87. The molecule has 0 aliphatic carbocycles. The lowest BCUT2D eigenvalue weighted by molar-refractivity contribution is 0.0943. The van der Waals surface area contributed by atoms with Gasteiger partial charge in [-0.2, -0.15) is 10.2 Å². The van der Waals surface area contributed by atoms with Crippen LogP contribution in [0.2, 0.25) is 0 Å². The predicted molar refractivity (Wildman–Crippen MR) is 115 cm³/mol. The SMILES string of the molecule is Cc1ccc(/C=N\NC(=O)c2ccc(C(=O)N/N=C\c3ccc(C)s3)cc2)s1. The maximum absolute atomic E-state index is 12.1. The standard InChI is InChI=1S/C20H18N4O2S2/c1-13-3-9-17(27-13)11-21-23-19(25)15-5-7-16(8-6-15)20(26)24-22-12-18-10-4-14(2)28-18/h3-12H,1-2H3,(H,23,25)(H,24,26)/b21-11-,22-12-. The summed E-state index contributed by atoms with van der Waals surface area (Å²) in [6.45, 7) is 4.01. The highest BCUT2D eigenvalue weighted by atomic mass is 32.1. The van der Waals surface area contributed by atoms with E-state index in [2.05, 4.69) is 21.1 Å². The zero-order valence-electron chi connectivity index (χ0n) is 15.3. The number of aryl methyl sites for hydroxylation is 2. The molecule has 0 bridgehead atoms. The number of hydrogen-bond donors (Lipinski definition) is 2. The molecule has 2 aromatic heterocycles. The predicted octanol–water partition coefficient (Wildman–Crippen LogP) is 3.95. The molecule has 8 heteroatoms. The smallest absolute Gasteiger partial charge is 0.267 e. The van der Waals surface area contributed by atoms with E-state index in [4.69, 9.17) is 0 Å². The van der Waals surface area contributed by atoms with Gasteiger partial charge in [-0.25, -0.2) is 10.9 Å². The average Bonchev–Trinajstić information content (AvgIpc) is 3.29. The van der Waals surface area contributed by atoms with Gasteiger partial charge in [0, 0.05) is 30.6 Å². The van der Waals surface area contributed by atoms with E-state index in [1.54, 1.807) is 59.4 Å². The molecule has 1 aromatic carbocycles. The number of thiophene rings is 2. The van der Waals surface area contributed by atoms with Gasteiger partial charge < -0.3 is 0 Å². The van der Waals surface area contributed by atoms with Gasteiger partial charge in [0.15, 0.2) is 0 Å². The number of benzene rings is 1. The van der Waals surface area contributed by atoms with Gasteiger partial charge in [0.05, 0.1) is 12.4 Å². The molecule has 28 heavy (non-hydrogen) atoms. The summed E-state index contributed by atoms with van der Waals surface area (Å²) in [4.78, 5) is 28.5. The van der Waals surface area contributed by atoms with Gasteiger partial charge in [-0.1, -0.05) is 0 Å². The number of nitrogens with one attached hydrogen (secondary N) is 2. The molecule has 3 rings (SSSR count). The molecule has 0 unspecified atom stereocenters. The molecule has 0 atom stereocenters. The summed E-state index contributed by atoms with van der Waals surface area (Å²) in [5.41, 5.74) is 5.77. The number of carbonyl (C=O) groups is 2. The molecular formula is C20H18N4O2S2. The second kappa shape index (κ2) is 9.20. The van der Waals surface area contributed by atoms with E-state index in [-0.39, 0.29) is 11.8 Å². The number of amides is 2. The van der Waals surface area contributed by atoms with Crippen molar-refractivity contribution >= 4 is 46.9 Å². The zero-order chi connectivity index (χ0) is 19.9. The van der Waals surface area contributed by atoms with Crippen LogP contribution in [-0.2, 0) is 0 Å². The Morgan fingerprint density at radius 3 is 1.43 bits per heavy atom. The van der Waals surface area contributed by atoms with E-state index in [1.165, 1.54) is 9.75 Å². The van der Waals surface area contributed by atoms with Crippen LogP contribution >= 0.6 is 22.7 Å². The highest BCUT2D eigenvalue weighted by Crippen LogP contribution is 2.13. The minimum Gasteiger partial charge on any atom is -0.267 e. The fourth-order valence-corrected chi connectivity index (χ4v) is 3.76. The largest absolute Gasteiger partial charge is 0.271 e. The normalized spacial score (nSPS) is 11.2. The first-order chi connectivity index (χ1) is 13.5. The summed E-state index contributed by atoms with van der Waals surface area (Å²) in [5.74, 6) is -0.690. The van der Waals surface area contributed by atoms with E-state index in [9.17, 15) is 9.59 Å². The number of rotatable bonds is 6. The summed E-state index contributed by atoms with van der Waals surface area (Å²) in [5, 5.41) is 7.90. The van der Waals surface area contributed by atoms with Crippen molar-refractivity contribution < 1.29 is 9.59 Å². The first-order valence-electron chi connectivity index (χ1n) is 8.41. The average molecular weight is 411 g/mol. The Hall–Kier alpha value is -3.10. The molecule has 2 heterocycles. The topological polar surface area (TPSA) is 82.9 Å². The van der Waals surface area contributed by atoms with Gasteiger partial charge in [0.1, 0.15) is 0 Å². The fraction of sp³-hybridized carbons (Fsp3) is 0.100. The van der Waals surface area contributed by atoms with E-state index in [0.717, 1.165) is 9.75 Å².